The first kappa shape index (κ1) is 12.9. The highest BCUT2D eigenvalue weighted by Crippen LogP contribution is 2.33. The molecule has 2 aromatic rings. The number of benzene rings is 1. The summed E-state index contributed by atoms with van der Waals surface area (Å²) in [4.78, 5) is 0. The zero-order valence-electron chi connectivity index (χ0n) is 11.9. The van der Waals surface area contributed by atoms with Crippen LogP contribution in [0.5, 0.6) is 5.75 Å². The Hall–Kier alpha value is -1.57. The lowest BCUT2D eigenvalue weighted by Gasteiger charge is -2.13. The second-order valence-corrected chi connectivity index (χ2v) is 5.55. The Morgan fingerprint density at radius 2 is 1.72 bits per heavy atom. The Balaban J connectivity index is 2.91. The highest BCUT2D eigenvalue weighted by Gasteiger charge is 2.20. The van der Waals surface area contributed by atoms with Gasteiger partial charge in [0, 0.05) is 12.1 Å². The van der Waals surface area contributed by atoms with Crippen LogP contribution in [0.4, 0.5) is 0 Å². The smallest absolute Gasteiger partial charge is 0.216 e. The molecule has 0 amide bonds. The number of nitrogens with zero attached hydrogens (tertiary/aromatic N) is 1. The topological polar surface area (TPSA) is 24.1 Å². The van der Waals surface area contributed by atoms with Gasteiger partial charge in [-0.05, 0) is 43.9 Å². The molecule has 96 valence electrons. The number of fused-ring (bicyclic) bond motifs is 1. The number of hydrogen-bond acceptors (Lipinski definition) is 1. The summed E-state index contributed by atoms with van der Waals surface area (Å²) < 4.78 is 2.21. The summed E-state index contributed by atoms with van der Waals surface area (Å²) in [5, 5.41) is 11.4. The van der Waals surface area contributed by atoms with Gasteiger partial charge < -0.3 is 5.11 Å². The fraction of sp³-hybridized carbons (Fsp3) is 0.438. The van der Waals surface area contributed by atoms with Crippen molar-refractivity contribution in [3.05, 3.63) is 35.5 Å². The van der Waals surface area contributed by atoms with Crippen LogP contribution in [0, 0.1) is 6.92 Å². The van der Waals surface area contributed by atoms with Crippen molar-refractivity contribution in [2.24, 2.45) is 0 Å². The van der Waals surface area contributed by atoms with Crippen molar-refractivity contribution in [2.45, 2.75) is 46.6 Å². The first-order valence-corrected chi connectivity index (χ1v) is 6.59. The van der Waals surface area contributed by atoms with E-state index in [1.807, 2.05) is 13.0 Å². The summed E-state index contributed by atoms with van der Waals surface area (Å²) in [5.41, 5.74) is 3.26. The molecule has 0 aliphatic carbocycles. The molecule has 1 heterocycles. The molecule has 0 aliphatic heterocycles. The van der Waals surface area contributed by atoms with E-state index in [9.17, 15) is 5.11 Å². The molecule has 0 aliphatic rings. The van der Waals surface area contributed by atoms with Gasteiger partial charge in [-0.1, -0.05) is 13.8 Å². The van der Waals surface area contributed by atoms with Crippen molar-refractivity contribution < 1.29 is 9.67 Å². The van der Waals surface area contributed by atoms with E-state index in [2.05, 4.69) is 50.6 Å². The number of aryl methyl sites for hydroxylation is 1. The van der Waals surface area contributed by atoms with Crippen LogP contribution in [0.25, 0.3) is 10.9 Å². The second-order valence-electron chi connectivity index (χ2n) is 5.55. The third kappa shape index (κ3) is 1.96. The monoisotopic (exact) mass is 244 g/mol. The summed E-state index contributed by atoms with van der Waals surface area (Å²) in [6.45, 7) is 10.6. The Kier molecular flexibility index (Phi) is 3.29. The van der Waals surface area contributed by atoms with Crippen LogP contribution in [-0.2, 0) is 0 Å². The highest BCUT2D eigenvalue weighted by molar-refractivity contribution is 5.87. The van der Waals surface area contributed by atoms with E-state index < -0.39 is 0 Å². The van der Waals surface area contributed by atoms with E-state index in [1.54, 1.807) is 0 Å². The first-order valence-electron chi connectivity index (χ1n) is 6.59. The second kappa shape index (κ2) is 4.60. The average Bonchev–Trinajstić information content (AvgIpc) is 2.32. The van der Waals surface area contributed by atoms with Gasteiger partial charge >= 0.3 is 0 Å². The molecule has 0 fully saturated rings. The molecule has 2 heteroatoms. The summed E-state index contributed by atoms with van der Waals surface area (Å²) in [5.74, 6) is 0.827. The number of phenols is 1. The predicted octanol–water partition coefficient (Wildman–Crippen LogP) is 3.85. The molecule has 1 N–H and O–H groups in total. The molecule has 18 heavy (non-hydrogen) atoms. The minimum absolute atomic E-state index is 0.385. The van der Waals surface area contributed by atoms with Gasteiger partial charge in [0.2, 0.25) is 5.52 Å². The SMILES string of the molecule is Cc1ccc2c(c(C(C)C)cc[n+]2C(C)C)c1O. The molecular formula is C16H22NO+. The van der Waals surface area contributed by atoms with Crippen LogP contribution >= 0.6 is 0 Å². The molecule has 0 saturated heterocycles. The number of hydrogen-bond donors (Lipinski definition) is 1. The average molecular weight is 244 g/mol. The molecule has 0 atom stereocenters. The maximum atomic E-state index is 10.4. The number of phenolic OH excluding ortho intramolecular Hbond substituents is 1. The maximum absolute atomic E-state index is 10.4. The fourth-order valence-electron chi connectivity index (χ4n) is 2.44. The quantitative estimate of drug-likeness (QED) is 0.797. The standard InChI is InChI=1S/C16H21NO/c1-10(2)13-8-9-17(11(3)4)14-7-6-12(5)16(18)15(13)14/h6-11H,1-5H3/p+1. The van der Waals surface area contributed by atoms with Gasteiger partial charge in [-0.15, -0.1) is 0 Å². The van der Waals surface area contributed by atoms with Crippen LogP contribution in [0.2, 0.25) is 0 Å². The van der Waals surface area contributed by atoms with Crippen LogP contribution in [0.3, 0.4) is 0 Å². The van der Waals surface area contributed by atoms with Gasteiger partial charge in [0.15, 0.2) is 12.2 Å². The normalized spacial score (nSPS) is 11.7. The van der Waals surface area contributed by atoms with Gasteiger partial charge in [0.25, 0.3) is 0 Å². The third-order valence-corrected chi connectivity index (χ3v) is 3.52. The highest BCUT2D eigenvalue weighted by atomic mass is 16.3. The van der Waals surface area contributed by atoms with Crippen molar-refractivity contribution in [1.29, 1.82) is 0 Å². The zero-order chi connectivity index (χ0) is 13.4. The van der Waals surface area contributed by atoms with Gasteiger partial charge in [-0.3, -0.25) is 0 Å². The third-order valence-electron chi connectivity index (χ3n) is 3.52. The molecule has 0 spiro atoms. The Labute approximate surface area is 109 Å². The van der Waals surface area contributed by atoms with Gasteiger partial charge in [-0.2, -0.15) is 4.57 Å². The number of rotatable bonds is 2. The minimum Gasteiger partial charge on any atom is -0.507 e. The zero-order valence-corrected chi connectivity index (χ0v) is 11.9. The van der Waals surface area contributed by atoms with Crippen LogP contribution in [0.15, 0.2) is 24.4 Å². The largest absolute Gasteiger partial charge is 0.507 e. The van der Waals surface area contributed by atoms with Gasteiger partial charge in [0.1, 0.15) is 5.75 Å². The van der Waals surface area contributed by atoms with E-state index in [1.165, 1.54) is 5.56 Å². The van der Waals surface area contributed by atoms with E-state index in [0.29, 0.717) is 17.7 Å². The molecular weight excluding hydrogens is 222 g/mol. The lowest BCUT2D eigenvalue weighted by atomic mass is 9.96. The first-order chi connectivity index (χ1) is 8.43. The fourth-order valence-corrected chi connectivity index (χ4v) is 2.44. The number of pyridine rings is 1. The van der Waals surface area contributed by atoms with E-state index in [-0.39, 0.29) is 0 Å². The van der Waals surface area contributed by atoms with Crippen molar-refractivity contribution >= 4 is 10.9 Å². The summed E-state index contributed by atoms with van der Waals surface area (Å²) in [7, 11) is 0. The lowest BCUT2D eigenvalue weighted by Crippen LogP contribution is -2.36. The molecule has 2 rings (SSSR count). The Morgan fingerprint density at radius 3 is 2.28 bits per heavy atom. The summed E-state index contributed by atoms with van der Waals surface area (Å²) in [6.07, 6.45) is 2.12. The van der Waals surface area contributed by atoms with Gasteiger partial charge in [0.05, 0.1) is 5.39 Å². The molecule has 0 unspecified atom stereocenters. The van der Waals surface area contributed by atoms with Crippen molar-refractivity contribution in [1.82, 2.24) is 0 Å². The molecule has 1 aromatic carbocycles. The number of aromatic nitrogens is 1. The Morgan fingerprint density at radius 1 is 1.06 bits per heavy atom. The van der Waals surface area contributed by atoms with E-state index >= 15 is 0 Å². The maximum Gasteiger partial charge on any atom is 0.216 e. The summed E-state index contributed by atoms with van der Waals surface area (Å²) >= 11 is 0. The van der Waals surface area contributed by atoms with Crippen LogP contribution < -0.4 is 4.57 Å². The van der Waals surface area contributed by atoms with Crippen LogP contribution in [-0.4, -0.2) is 5.11 Å². The Bertz CT molecular complexity index is 585. The van der Waals surface area contributed by atoms with Gasteiger partial charge in [-0.25, -0.2) is 0 Å². The molecule has 0 saturated carbocycles. The van der Waals surface area contributed by atoms with Crippen molar-refractivity contribution in [3.63, 3.8) is 0 Å². The predicted molar refractivity (Wildman–Crippen MR) is 75.0 cm³/mol. The number of aromatic hydroxyl groups is 1. The van der Waals surface area contributed by atoms with E-state index in [4.69, 9.17) is 0 Å². The molecule has 0 radical (unpaired) electrons. The lowest BCUT2D eigenvalue weighted by molar-refractivity contribution is -0.691. The molecule has 2 nitrogen and oxygen atoms in total. The van der Waals surface area contributed by atoms with Crippen LogP contribution in [0.1, 0.15) is 50.8 Å². The minimum atomic E-state index is 0.385. The summed E-state index contributed by atoms with van der Waals surface area (Å²) in [6, 6.07) is 6.61. The van der Waals surface area contributed by atoms with Crippen molar-refractivity contribution in [3.8, 4) is 5.75 Å². The van der Waals surface area contributed by atoms with Crippen molar-refractivity contribution in [2.75, 3.05) is 0 Å². The molecule has 1 aromatic heterocycles. The molecule has 0 bridgehead atoms. The van der Waals surface area contributed by atoms with E-state index in [0.717, 1.165) is 16.5 Å².